The molecule has 2 fully saturated rings. The number of halogens is 3. The molecular formula is C13H18F3N3OS. The van der Waals surface area contributed by atoms with Crippen LogP contribution in [0.5, 0.6) is 0 Å². The van der Waals surface area contributed by atoms with Gasteiger partial charge in [0.2, 0.25) is 5.13 Å². The molecule has 21 heavy (non-hydrogen) atoms. The van der Waals surface area contributed by atoms with Gasteiger partial charge in [-0.15, -0.1) is 0 Å². The van der Waals surface area contributed by atoms with Gasteiger partial charge in [0.15, 0.2) is 0 Å². The summed E-state index contributed by atoms with van der Waals surface area (Å²) in [5.41, 5.74) is -1.32. The van der Waals surface area contributed by atoms with Crippen molar-refractivity contribution in [3.05, 3.63) is 5.82 Å². The Morgan fingerprint density at radius 1 is 1.33 bits per heavy atom. The fourth-order valence-corrected chi connectivity index (χ4v) is 3.48. The second-order valence-corrected chi connectivity index (χ2v) is 6.90. The minimum Gasteiger partial charge on any atom is -0.388 e. The molecule has 2 aliphatic rings. The molecule has 0 amide bonds. The monoisotopic (exact) mass is 321 g/mol. The smallest absolute Gasteiger partial charge is 0.388 e. The van der Waals surface area contributed by atoms with E-state index in [1.807, 2.05) is 0 Å². The average Bonchev–Trinajstić information content (AvgIpc) is 3.15. The van der Waals surface area contributed by atoms with E-state index in [2.05, 4.69) is 14.7 Å². The van der Waals surface area contributed by atoms with E-state index in [0.717, 1.165) is 18.7 Å². The summed E-state index contributed by atoms with van der Waals surface area (Å²) in [7, 11) is 0. The Hall–Kier alpha value is -0.890. The van der Waals surface area contributed by atoms with Gasteiger partial charge in [0.1, 0.15) is 5.82 Å². The van der Waals surface area contributed by atoms with Crippen molar-refractivity contribution in [3.63, 3.8) is 0 Å². The highest BCUT2D eigenvalue weighted by Gasteiger charge is 2.46. The van der Waals surface area contributed by atoms with Crippen molar-refractivity contribution in [2.45, 2.75) is 56.2 Å². The number of nitrogens with one attached hydrogen (secondary N) is 1. The predicted molar refractivity (Wildman–Crippen MR) is 73.3 cm³/mol. The molecule has 0 spiro atoms. The van der Waals surface area contributed by atoms with Crippen LogP contribution in [0.2, 0.25) is 0 Å². The Balaban J connectivity index is 1.57. The molecule has 1 aromatic heterocycles. The maximum atomic E-state index is 12.8. The molecule has 2 saturated carbocycles. The second-order valence-electron chi connectivity index (χ2n) is 6.14. The van der Waals surface area contributed by atoms with Crippen LogP contribution >= 0.6 is 11.5 Å². The molecule has 2 unspecified atom stereocenters. The minimum atomic E-state index is -4.23. The summed E-state index contributed by atoms with van der Waals surface area (Å²) >= 11 is 1.21. The van der Waals surface area contributed by atoms with Crippen LogP contribution in [0.1, 0.15) is 50.3 Å². The van der Waals surface area contributed by atoms with Crippen molar-refractivity contribution in [1.29, 1.82) is 0 Å². The van der Waals surface area contributed by atoms with E-state index in [-0.39, 0.29) is 19.4 Å². The first-order valence-corrected chi connectivity index (χ1v) is 8.00. The topological polar surface area (TPSA) is 58.0 Å². The van der Waals surface area contributed by atoms with Crippen molar-refractivity contribution in [2.24, 2.45) is 5.92 Å². The molecule has 2 aliphatic carbocycles. The second kappa shape index (κ2) is 5.39. The lowest BCUT2D eigenvalue weighted by atomic mass is 9.77. The summed E-state index contributed by atoms with van der Waals surface area (Å²) in [5.74, 6) is -0.148. The molecule has 4 nitrogen and oxygen atoms in total. The number of aliphatic hydroxyl groups is 1. The van der Waals surface area contributed by atoms with Gasteiger partial charge in [-0.2, -0.15) is 17.5 Å². The van der Waals surface area contributed by atoms with Crippen molar-refractivity contribution in [2.75, 3.05) is 11.9 Å². The number of rotatable bonds is 4. The van der Waals surface area contributed by atoms with E-state index in [1.54, 1.807) is 0 Å². The number of hydrogen-bond acceptors (Lipinski definition) is 5. The largest absolute Gasteiger partial charge is 0.391 e. The molecule has 3 rings (SSSR count). The molecule has 0 saturated heterocycles. The van der Waals surface area contributed by atoms with Crippen LogP contribution in [0.4, 0.5) is 18.3 Å². The van der Waals surface area contributed by atoms with Gasteiger partial charge in [-0.05, 0) is 38.5 Å². The van der Waals surface area contributed by atoms with Crippen molar-refractivity contribution in [3.8, 4) is 0 Å². The van der Waals surface area contributed by atoms with Gasteiger partial charge in [0.25, 0.3) is 0 Å². The van der Waals surface area contributed by atoms with Crippen LogP contribution in [0.3, 0.4) is 0 Å². The SMILES string of the molecule is OC1(CNc2nc(C3CC3)ns2)CCCC(C(F)(F)F)C1. The van der Waals surface area contributed by atoms with Crippen molar-refractivity contribution in [1.82, 2.24) is 9.36 Å². The molecule has 1 aromatic rings. The van der Waals surface area contributed by atoms with Crippen LogP contribution in [-0.4, -0.2) is 32.8 Å². The lowest BCUT2D eigenvalue weighted by Crippen LogP contribution is -2.45. The number of aromatic nitrogens is 2. The number of anilines is 1. The van der Waals surface area contributed by atoms with E-state index >= 15 is 0 Å². The van der Waals surface area contributed by atoms with Crippen molar-refractivity contribution >= 4 is 16.7 Å². The summed E-state index contributed by atoms with van der Waals surface area (Å²) in [6.07, 6.45) is -1.36. The van der Waals surface area contributed by atoms with Gasteiger partial charge in [-0.25, -0.2) is 4.98 Å². The standard InChI is InChI=1S/C13H18F3N3OS/c14-13(15,16)9-2-1-5-12(20,6-9)7-17-11-18-10(19-21-11)8-3-4-8/h8-9,20H,1-7H2,(H,17,18,19). The third kappa shape index (κ3) is 3.66. The number of hydrogen-bond donors (Lipinski definition) is 2. The Morgan fingerprint density at radius 3 is 2.76 bits per heavy atom. The Bertz CT molecular complexity index is 503. The summed E-state index contributed by atoms with van der Waals surface area (Å²) < 4.78 is 42.6. The first-order valence-electron chi connectivity index (χ1n) is 7.22. The minimum absolute atomic E-state index is 0.0961. The molecule has 0 aromatic carbocycles. The third-order valence-corrected chi connectivity index (χ3v) is 4.92. The van der Waals surface area contributed by atoms with E-state index in [4.69, 9.17) is 0 Å². The maximum absolute atomic E-state index is 12.8. The molecule has 0 radical (unpaired) electrons. The van der Waals surface area contributed by atoms with Gasteiger partial charge in [0, 0.05) is 24.0 Å². The highest BCUT2D eigenvalue weighted by Crippen LogP contribution is 2.42. The molecular weight excluding hydrogens is 303 g/mol. The molecule has 2 N–H and O–H groups in total. The highest BCUT2D eigenvalue weighted by atomic mass is 32.1. The first kappa shape index (κ1) is 15.0. The summed E-state index contributed by atoms with van der Waals surface area (Å²) in [4.78, 5) is 4.32. The van der Waals surface area contributed by atoms with Gasteiger partial charge in [-0.3, -0.25) is 0 Å². The normalized spacial score (nSPS) is 30.4. The quantitative estimate of drug-likeness (QED) is 0.893. The number of nitrogens with zero attached hydrogens (tertiary/aromatic N) is 2. The fourth-order valence-electron chi connectivity index (χ4n) is 2.83. The Kier molecular flexibility index (Phi) is 3.85. The average molecular weight is 321 g/mol. The maximum Gasteiger partial charge on any atom is 0.391 e. The lowest BCUT2D eigenvalue weighted by molar-refractivity contribution is -0.199. The van der Waals surface area contributed by atoms with Crippen LogP contribution < -0.4 is 5.32 Å². The third-order valence-electron chi connectivity index (χ3n) is 4.24. The van der Waals surface area contributed by atoms with E-state index in [1.165, 1.54) is 11.5 Å². The zero-order valence-corrected chi connectivity index (χ0v) is 12.3. The number of alkyl halides is 3. The van der Waals surface area contributed by atoms with E-state index in [9.17, 15) is 18.3 Å². The zero-order valence-electron chi connectivity index (χ0n) is 11.5. The fraction of sp³-hybridized carbons (Fsp3) is 0.846. The molecule has 8 heteroatoms. The van der Waals surface area contributed by atoms with Gasteiger partial charge >= 0.3 is 6.18 Å². The molecule has 0 bridgehead atoms. The Morgan fingerprint density at radius 2 is 2.10 bits per heavy atom. The zero-order chi connectivity index (χ0) is 15.1. The summed E-state index contributed by atoms with van der Waals surface area (Å²) in [5, 5.41) is 13.9. The molecule has 1 heterocycles. The summed E-state index contributed by atoms with van der Waals surface area (Å²) in [6, 6.07) is 0. The van der Waals surface area contributed by atoms with Gasteiger partial charge < -0.3 is 10.4 Å². The first-order chi connectivity index (χ1) is 9.86. The van der Waals surface area contributed by atoms with E-state index < -0.39 is 17.7 Å². The van der Waals surface area contributed by atoms with Crippen LogP contribution in [0, 0.1) is 5.92 Å². The van der Waals surface area contributed by atoms with Crippen LogP contribution in [0.25, 0.3) is 0 Å². The predicted octanol–water partition coefficient (Wildman–Crippen LogP) is 3.31. The van der Waals surface area contributed by atoms with Crippen LogP contribution in [0.15, 0.2) is 0 Å². The van der Waals surface area contributed by atoms with Gasteiger partial charge in [-0.1, -0.05) is 0 Å². The summed E-state index contributed by atoms with van der Waals surface area (Å²) in [6.45, 7) is 0.0961. The molecule has 0 aliphatic heterocycles. The molecule has 2 atom stereocenters. The van der Waals surface area contributed by atoms with Gasteiger partial charge in [0.05, 0.1) is 11.5 Å². The highest BCUT2D eigenvalue weighted by molar-refractivity contribution is 7.09. The Labute approximate surface area is 124 Å². The van der Waals surface area contributed by atoms with E-state index in [0.29, 0.717) is 23.9 Å². The molecule has 118 valence electrons. The van der Waals surface area contributed by atoms with Crippen molar-refractivity contribution < 1.29 is 18.3 Å². The lowest BCUT2D eigenvalue weighted by Gasteiger charge is -2.37. The van der Waals surface area contributed by atoms with Crippen LogP contribution in [-0.2, 0) is 0 Å².